The van der Waals surface area contributed by atoms with Crippen molar-refractivity contribution < 1.29 is 4.79 Å². The smallest absolute Gasteiger partial charge is 0.253 e. The van der Waals surface area contributed by atoms with Crippen LogP contribution in [0.5, 0.6) is 0 Å². The van der Waals surface area contributed by atoms with Crippen LogP contribution < -0.4 is 0 Å². The van der Waals surface area contributed by atoms with Crippen LogP contribution >= 0.6 is 0 Å². The highest BCUT2D eigenvalue weighted by Crippen LogP contribution is 2.13. The van der Waals surface area contributed by atoms with Gasteiger partial charge in [0.2, 0.25) is 0 Å². The lowest BCUT2D eigenvalue weighted by Gasteiger charge is -2.11. The third-order valence-corrected chi connectivity index (χ3v) is 2.26. The first-order chi connectivity index (χ1) is 8.10. The molecule has 0 saturated heterocycles. The Bertz CT molecular complexity index is 417. The molecule has 0 aliphatic heterocycles. The fourth-order valence-electron chi connectivity index (χ4n) is 1.38. The van der Waals surface area contributed by atoms with Crippen LogP contribution in [0.15, 0.2) is 18.2 Å². The van der Waals surface area contributed by atoms with Gasteiger partial charge in [-0.15, -0.1) is 0 Å². The SMILES string of the molecule is CC.CCc1ccc(C(=O)N(C)C)cc1C#N. The molecule has 0 spiro atoms. The number of aryl methyl sites for hydroxylation is 1. The number of carbonyl (C=O) groups is 1. The normalized spacial score (nSPS) is 8.71. The third kappa shape index (κ3) is 3.92. The van der Waals surface area contributed by atoms with Gasteiger partial charge in [0.05, 0.1) is 11.6 Å². The summed E-state index contributed by atoms with van der Waals surface area (Å²) in [6, 6.07) is 7.37. The van der Waals surface area contributed by atoms with Crippen molar-refractivity contribution in [2.24, 2.45) is 0 Å². The van der Waals surface area contributed by atoms with E-state index in [2.05, 4.69) is 6.07 Å². The van der Waals surface area contributed by atoms with Crippen LogP contribution in [0.1, 0.15) is 42.3 Å². The molecule has 0 aromatic heterocycles. The maximum Gasteiger partial charge on any atom is 0.253 e. The second-order valence-electron chi connectivity index (χ2n) is 3.54. The Balaban J connectivity index is 0.00000121. The molecule has 92 valence electrons. The van der Waals surface area contributed by atoms with Gasteiger partial charge in [-0.1, -0.05) is 26.8 Å². The Kier molecular flexibility index (Phi) is 6.65. The number of rotatable bonds is 2. The van der Waals surface area contributed by atoms with Gasteiger partial charge in [0.15, 0.2) is 0 Å². The molecule has 0 unspecified atom stereocenters. The summed E-state index contributed by atoms with van der Waals surface area (Å²) in [7, 11) is 3.39. The maximum absolute atomic E-state index is 11.6. The zero-order valence-corrected chi connectivity index (χ0v) is 11.2. The quantitative estimate of drug-likeness (QED) is 0.787. The van der Waals surface area contributed by atoms with Crippen molar-refractivity contribution in [2.75, 3.05) is 14.1 Å². The molecule has 0 heterocycles. The summed E-state index contributed by atoms with van der Waals surface area (Å²) in [5.41, 5.74) is 2.13. The summed E-state index contributed by atoms with van der Waals surface area (Å²) in [6.07, 6.45) is 0.805. The number of hydrogen-bond acceptors (Lipinski definition) is 2. The molecule has 0 radical (unpaired) electrons. The zero-order chi connectivity index (χ0) is 13.4. The summed E-state index contributed by atoms with van der Waals surface area (Å²) < 4.78 is 0. The number of amides is 1. The minimum atomic E-state index is -0.0749. The average Bonchev–Trinajstić information content (AvgIpc) is 2.39. The highest BCUT2D eigenvalue weighted by atomic mass is 16.2. The van der Waals surface area contributed by atoms with E-state index in [9.17, 15) is 4.79 Å². The summed E-state index contributed by atoms with van der Waals surface area (Å²) in [6.45, 7) is 5.99. The van der Waals surface area contributed by atoms with Gasteiger partial charge in [0.25, 0.3) is 5.91 Å². The number of nitriles is 1. The van der Waals surface area contributed by atoms with Crippen molar-refractivity contribution in [3.8, 4) is 6.07 Å². The predicted octanol–water partition coefficient (Wildman–Crippen LogP) is 2.85. The molecule has 0 bridgehead atoms. The topological polar surface area (TPSA) is 44.1 Å². The van der Waals surface area contributed by atoms with Crippen LogP contribution in [0.3, 0.4) is 0 Å². The summed E-state index contributed by atoms with van der Waals surface area (Å²) in [4.78, 5) is 13.1. The van der Waals surface area contributed by atoms with Gasteiger partial charge in [0, 0.05) is 19.7 Å². The van der Waals surface area contributed by atoms with Crippen molar-refractivity contribution in [1.82, 2.24) is 4.90 Å². The molecule has 1 aromatic rings. The standard InChI is InChI=1S/C12H14N2O.C2H6/c1-4-9-5-6-10(7-11(9)8-13)12(15)14(2)3;1-2/h5-7H,4H2,1-3H3;1-2H3. The third-order valence-electron chi connectivity index (χ3n) is 2.26. The van der Waals surface area contributed by atoms with Crippen LogP contribution in [0.25, 0.3) is 0 Å². The van der Waals surface area contributed by atoms with Crippen LogP contribution in [-0.2, 0) is 6.42 Å². The Morgan fingerprint density at radius 3 is 2.35 bits per heavy atom. The number of hydrogen-bond donors (Lipinski definition) is 0. The molecule has 1 amide bonds. The Hall–Kier alpha value is -1.82. The molecule has 0 aliphatic rings. The molecule has 3 nitrogen and oxygen atoms in total. The van der Waals surface area contributed by atoms with E-state index in [1.807, 2.05) is 26.8 Å². The second kappa shape index (κ2) is 7.45. The summed E-state index contributed by atoms with van der Waals surface area (Å²) >= 11 is 0. The highest BCUT2D eigenvalue weighted by Gasteiger charge is 2.10. The van der Waals surface area contributed by atoms with E-state index in [1.165, 1.54) is 4.90 Å². The van der Waals surface area contributed by atoms with E-state index in [4.69, 9.17) is 5.26 Å². The molecule has 0 saturated carbocycles. The fourth-order valence-corrected chi connectivity index (χ4v) is 1.38. The molecule has 1 rings (SSSR count). The lowest BCUT2D eigenvalue weighted by atomic mass is 10.0. The first kappa shape index (κ1) is 15.2. The molecule has 0 aliphatic carbocycles. The number of nitrogens with zero attached hydrogens (tertiary/aromatic N) is 2. The van der Waals surface area contributed by atoms with Gasteiger partial charge >= 0.3 is 0 Å². The lowest BCUT2D eigenvalue weighted by molar-refractivity contribution is 0.0827. The van der Waals surface area contributed by atoms with E-state index >= 15 is 0 Å². The molecule has 17 heavy (non-hydrogen) atoms. The Labute approximate surface area is 104 Å². The van der Waals surface area contributed by atoms with Gasteiger partial charge in [-0.2, -0.15) is 5.26 Å². The monoisotopic (exact) mass is 232 g/mol. The van der Waals surface area contributed by atoms with Crippen LogP contribution in [-0.4, -0.2) is 24.9 Å². The number of benzene rings is 1. The zero-order valence-electron chi connectivity index (χ0n) is 11.2. The summed E-state index contributed by atoms with van der Waals surface area (Å²) in [5, 5.41) is 8.92. The molecular weight excluding hydrogens is 212 g/mol. The fraction of sp³-hybridized carbons (Fsp3) is 0.429. The lowest BCUT2D eigenvalue weighted by Crippen LogP contribution is -2.21. The molecule has 1 aromatic carbocycles. The highest BCUT2D eigenvalue weighted by molar-refractivity contribution is 5.94. The average molecular weight is 232 g/mol. The molecule has 0 atom stereocenters. The minimum Gasteiger partial charge on any atom is -0.345 e. The predicted molar refractivity (Wildman–Crippen MR) is 69.9 cm³/mol. The first-order valence-electron chi connectivity index (χ1n) is 5.84. The van der Waals surface area contributed by atoms with Crippen molar-refractivity contribution >= 4 is 5.91 Å². The molecular formula is C14H20N2O. The van der Waals surface area contributed by atoms with Crippen molar-refractivity contribution in [3.63, 3.8) is 0 Å². The molecule has 0 fully saturated rings. The van der Waals surface area contributed by atoms with Gasteiger partial charge in [-0.05, 0) is 24.1 Å². The van der Waals surface area contributed by atoms with Crippen LogP contribution in [0.4, 0.5) is 0 Å². The Morgan fingerprint density at radius 2 is 1.94 bits per heavy atom. The van der Waals surface area contributed by atoms with Gasteiger partial charge in [0.1, 0.15) is 0 Å². The number of carbonyl (C=O) groups excluding carboxylic acids is 1. The van der Waals surface area contributed by atoms with Crippen molar-refractivity contribution in [2.45, 2.75) is 27.2 Å². The van der Waals surface area contributed by atoms with E-state index in [0.717, 1.165) is 12.0 Å². The van der Waals surface area contributed by atoms with Crippen LogP contribution in [0, 0.1) is 11.3 Å². The second-order valence-corrected chi connectivity index (χ2v) is 3.54. The minimum absolute atomic E-state index is 0.0749. The maximum atomic E-state index is 11.6. The van der Waals surface area contributed by atoms with E-state index in [-0.39, 0.29) is 5.91 Å². The molecule has 3 heteroatoms. The Morgan fingerprint density at radius 1 is 1.35 bits per heavy atom. The van der Waals surface area contributed by atoms with E-state index < -0.39 is 0 Å². The largest absolute Gasteiger partial charge is 0.345 e. The summed E-state index contributed by atoms with van der Waals surface area (Å²) in [5.74, 6) is -0.0749. The van der Waals surface area contributed by atoms with Crippen molar-refractivity contribution in [3.05, 3.63) is 34.9 Å². The van der Waals surface area contributed by atoms with E-state index in [1.54, 1.807) is 26.2 Å². The van der Waals surface area contributed by atoms with Gasteiger partial charge in [-0.25, -0.2) is 0 Å². The van der Waals surface area contributed by atoms with Gasteiger partial charge < -0.3 is 4.90 Å². The molecule has 0 N–H and O–H groups in total. The van der Waals surface area contributed by atoms with Crippen molar-refractivity contribution in [1.29, 1.82) is 5.26 Å². The van der Waals surface area contributed by atoms with Gasteiger partial charge in [-0.3, -0.25) is 4.79 Å². The van der Waals surface area contributed by atoms with E-state index in [0.29, 0.717) is 11.1 Å². The van der Waals surface area contributed by atoms with Crippen LogP contribution in [0.2, 0.25) is 0 Å². The first-order valence-corrected chi connectivity index (χ1v) is 5.84.